The van der Waals surface area contributed by atoms with E-state index >= 15 is 0 Å². The number of nitrogens with one attached hydrogen (secondary N) is 1. The third kappa shape index (κ3) is 3.17. The van der Waals surface area contributed by atoms with Crippen LogP contribution in [-0.2, 0) is 6.42 Å². The number of nitrogens with zero attached hydrogens (tertiary/aromatic N) is 1. The molecule has 1 rings (SSSR count). The van der Waals surface area contributed by atoms with Crippen molar-refractivity contribution in [3.63, 3.8) is 0 Å². The molecule has 1 aromatic heterocycles. The molecule has 0 aliphatic heterocycles. The van der Waals surface area contributed by atoms with Gasteiger partial charge in [0.2, 0.25) is 0 Å². The molecule has 0 spiro atoms. The van der Waals surface area contributed by atoms with E-state index in [0.717, 1.165) is 13.0 Å². The summed E-state index contributed by atoms with van der Waals surface area (Å²) in [7, 11) is 0. The maximum atomic E-state index is 8.21. The Morgan fingerprint density at radius 3 is 3.18 bits per heavy atom. The van der Waals surface area contributed by atoms with Crippen molar-refractivity contribution >= 4 is 11.3 Å². The second kappa shape index (κ2) is 4.89. The van der Waals surface area contributed by atoms with Gasteiger partial charge in [-0.15, -0.1) is 0 Å². The van der Waals surface area contributed by atoms with Gasteiger partial charge in [-0.2, -0.15) is 16.6 Å². The summed E-state index contributed by atoms with van der Waals surface area (Å²) in [5.41, 5.74) is 1.35. The minimum Gasteiger partial charge on any atom is -0.304 e. The largest absolute Gasteiger partial charge is 0.304 e. The van der Waals surface area contributed by atoms with Crippen molar-refractivity contribution in [2.75, 3.05) is 13.1 Å². The first-order chi connectivity index (χ1) is 5.43. The fourth-order valence-electron chi connectivity index (χ4n) is 0.812. The Kier molecular flexibility index (Phi) is 3.67. The minimum absolute atomic E-state index is 0.449. The minimum atomic E-state index is 0.449. The lowest BCUT2D eigenvalue weighted by Crippen LogP contribution is -2.16. The number of rotatable bonds is 4. The van der Waals surface area contributed by atoms with E-state index in [9.17, 15) is 0 Å². The fourth-order valence-corrected chi connectivity index (χ4v) is 1.52. The van der Waals surface area contributed by atoms with Crippen LogP contribution in [0.1, 0.15) is 5.56 Å². The van der Waals surface area contributed by atoms with E-state index in [4.69, 9.17) is 5.26 Å². The van der Waals surface area contributed by atoms with Crippen LogP contribution in [0.4, 0.5) is 0 Å². The van der Waals surface area contributed by atoms with E-state index in [-0.39, 0.29) is 0 Å². The molecule has 0 amide bonds. The van der Waals surface area contributed by atoms with Gasteiger partial charge in [0.05, 0.1) is 12.6 Å². The molecule has 0 atom stereocenters. The lowest BCUT2D eigenvalue weighted by atomic mass is 10.2. The van der Waals surface area contributed by atoms with Crippen LogP contribution in [-0.4, -0.2) is 13.1 Å². The van der Waals surface area contributed by atoms with Crippen LogP contribution < -0.4 is 5.32 Å². The molecular formula is C8H10N2S. The summed E-state index contributed by atoms with van der Waals surface area (Å²) in [5, 5.41) is 15.4. The van der Waals surface area contributed by atoms with Gasteiger partial charge in [0.25, 0.3) is 0 Å². The predicted molar refractivity (Wildman–Crippen MR) is 46.5 cm³/mol. The second-order valence-corrected chi connectivity index (χ2v) is 3.00. The van der Waals surface area contributed by atoms with Crippen molar-refractivity contribution in [1.82, 2.24) is 5.32 Å². The van der Waals surface area contributed by atoms with Gasteiger partial charge in [-0.05, 0) is 28.8 Å². The second-order valence-electron chi connectivity index (χ2n) is 2.22. The highest BCUT2D eigenvalue weighted by Crippen LogP contribution is 2.05. The van der Waals surface area contributed by atoms with Crippen LogP contribution >= 0.6 is 11.3 Å². The van der Waals surface area contributed by atoms with E-state index in [0.29, 0.717) is 6.54 Å². The monoisotopic (exact) mass is 166 g/mol. The molecule has 0 aliphatic carbocycles. The van der Waals surface area contributed by atoms with Crippen molar-refractivity contribution < 1.29 is 0 Å². The Bertz CT molecular complexity index is 223. The molecule has 1 heterocycles. The van der Waals surface area contributed by atoms with Gasteiger partial charge in [0.15, 0.2) is 0 Å². The smallest absolute Gasteiger partial charge is 0.0841 e. The Morgan fingerprint density at radius 1 is 1.64 bits per heavy atom. The molecule has 58 valence electrons. The molecular weight excluding hydrogens is 156 g/mol. The third-order valence-corrected chi connectivity index (χ3v) is 2.11. The molecule has 1 aromatic rings. The van der Waals surface area contributed by atoms with Gasteiger partial charge in [0, 0.05) is 6.54 Å². The highest BCUT2D eigenvalue weighted by atomic mass is 32.1. The average molecular weight is 166 g/mol. The van der Waals surface area contributed by atoms with Gasteiger partial charge in [-0.1, -0.05) is 0 Å². The first-order valence-corrected chi connectivity index (χ1v) is 4.46. The topological polar surface area (TPSA) is 35.8 Å². The molecule has 0 aliphatic rings. The summed E-state index contributed by atoms with van der Waals surface area (Å²) in [6, 6.07) is 4.15. The van der Waals surface area contributed by atoms with Crippen LogP contribution in [0, 0.1) is 11.3 Å². The van der Waals surface area contributed by atoms with Crippen molar-refractivity contribution in [2.24, 2.45) is 0 Å². The van der Waals surface area contributed by atoms with Crippen LogP contribution in [0.15, 0.2) is 16.8 Å². The summed E-state index contributed by atoms with van der Waals surface area (Å²) in [6.07, 6.45) is 1.02. The van der Waals surface area contributed by atoms with Gasteiger partial charge in [-0.3, -0.25) is 0 Å². The number of nitriles is 1. The highest BCUT2D eigenvalue weighted by Gasteiger charge is 1.90. The van der Waals surface area contributed by atoms with Crippen molar-refractivity contribution in [3.05, 3.63) is 22.4 Å². The molecule has 0 saturated heterocycles. The summed E-state index contributed by atoms with van der Waals surface area (Å²) < 4.78 is 0. The summed E-state index contributed by atoms with van der Waals surface area (Å²) in [6.45, 7) is 1.34. The zero-order valence-corrected chi connectivity index (χ0v) is 7.03. The van der Waals surface area contributed by atoms with Crippen molar-refractivity contribution in [2.45, 2.75) is 6.42 Å². The predicted octanol–water partition coefficient (Wildman–Crippen LogP) is 1.40. The average Bonchev–Trinajstić information content (AvgIpc) is 2.50. The van der Waals surface area contributed by atoms with Gasteiger partial charge in [0.1, 0.15) is 0 Å². The highest BCUT2D eigenvalue weighted by molar-refractivity contribution is 7.07. The van der Waals surface area contributed by atoms with E-state index in [1.165, 1.54) is 5.56 Å². The number of hydrogen-bond donors (Lipinski definition) is 1. The summed E-state index contributed by atoms with van der Waals surface area (Å²) in [4.78, 5) is 0. The van der Waals surface area contributed by atoms with Crippen molar-refractivity contribution in [1.29, 1.82) is 5.26 Å². The van der Waals surface area contributed by atoms with E-state index < -0.39 is 0 Å². The van der Waals surface area contributed by atoms with E-state index in [2.05, 4.69) is 22.1 Å². The van der Waals surface area contributed by atoms with Gasteiger partial charge < -0.3 is 5.32 Å². The fraction of sp³-hybridized carbons (Fsp3) is 0.375. The lowest BCUT2D eigenvalue weighted by Gasteiger charge is -1.96. The lowest BCUT2D eigenvalue weighted by molar-refractivity contribution is 0.751. The molecule has 3 heteroatoms. The zero-order valence-electron chi connectivity index (χ0n) is 6.21. The summed E-state index contributed by atoms with van der Waals surface area (Å²) in [5.74, 6) is 0. The van der Waals surface area contributed by atoms with Crippen LogP contribution in [0.3, 0.4) is 0 Å². The number of thiophene rings is 1. The Labute approximate surface area is 70.5 Å². The molecule has 0 saturated carbocycles. The normalized spacial score (nSPS) is 9.36. The summed E-state index contributed by atoms with van der Waals surface area (Å²) >= 11 is 1.71. The van der Waals surface area contributed by atoms with Crippen molar-refractivity contribution in [3.8, 4) is 6.07 Å². The van der Waals surface area contributed by atoms with Gasteiger partial charge >= 0.3 is 0 Å². The third-order valence-electron chi connectivity index (χ3n) is 1.37. The molecule has 11 heavy (non-hydrogen) atoms. The van der Waals surface area contributed by atoms with E-state index in [1.54, 1.807) is 11.3 Å². The van der Waals surface area contributed by atoms with Crippen LogP contribution in [0.25, 0.3) is 0 Å². The molecule has 0 bridgehead atoms. The molecule has 0 radical (unpaired) electrons. The maximum absolute atomic E-state index is 8.21. The molecule has 0 unspecified atom stereocenters. The molecule has 2 nitrogen and oxygen atoms in total. The number of hydrogen-bond acceptors (Lipinski definition) is 3. The first kappa shape index (κ1) is 8.25. The van der Waals surface area contributed by atoms with Crippen LogP contribution in [0.2, 0.25) is 0 Å². The first-order valence-electron chi connectivity index (χ1n) is 3.52. The quantitative estimate of drug-likeness (QED) is 0.542. The maximum Gasteiger partial charge on any atom is 0.0841 e. The van der Waals surface area contributed by atoms with E-state index in [1.807, 2.05) is 6.07 Å². The SMILES string of the molecule is N#CCNCCc1ccsc1. The molecule has 0 aromatic carbocycles. The Balaban J connectivity index is 2.10. The molecule has 0 fully saturated rings. The standard InChI is InChI=1S/C8H10N2S/c9-3-5-10-4-1-8-2-6-11-7-8/h2,6-7,10H,1,4-5H2. The molecule has 1 N–H and O–H groups in total. The van der Waals surface area contributed by atoms with Gasteiger partial charge in [-0.25, -0.2) is 0 Å². The Hall–Kier alpha value is -0.850. The zero-order chi connectivity index (χ0) is 7.94. The Morgan fingerprint density at radius 2 is 2.55 bits per heavy atom. The van der Waals surface area contributed by atoms with Crippen LogP contribution in [0.5, 0.6) is 0 Å².